The molecule has 4 rings (SSSR count). The van der Waals surface area contributed by atoms with Gasteiger partial charge >= 0.3 is 5.97 Å². The van der Waals surface area contributed by atoms with E-state index in [1.807, 2.05) is 13.0 Å². The van der Waals surface area contributed by atoms with Crippen molar-refractivity contribution in [3.8, 4) is 0 Å². The minimum absolute atomic E-state index is 0.102. The van der Waals surface area contributed by atoms with E-state index in [1.165, 1.54) is 6.92 Å². The first-order valence-corrected chi connectivity index (χ1v) is 12.9. The van der Waals surface area contributed by atoms with Crippen LogP contribution in [0.2, 0.25) is 0 Å². The van der Waals surface area contributed by atoms with Gasteiger partial charge in [0.15, 0.2) is 17.2 Å². The molecule has 0 aromatic heterocycles. The Morgan fingerprint density at radius 2 is 1.88 bits per heavy atom. The molecule has 6 heteroatoms. The fourth-order valence-corrected chi connectivity index (χ4v) is 9.67. The molecule has 0 aromatic carbocycles. The summed E-state index contributed by atoms with van der Waals surface area (Å²) in [6, 6.07) is 0. The summed E-state index contributed by atoms with van der Waals surface area (Å²) in [4.78, 5) is 38.0. The van der Waals surface area contributed by atoms with E-state index in [0.29, 0.717) is 19.3 Å². The van der Waals surface area contributed by atoms with Crippen LogP contribution in [-0.2, 0) is 19.1 Å². The maximum atomic E-state index is 13.2. The number of aliphatic hydroxyl groups excluding tert-OH is 1. The molecule has 4 aliphatic rings. The van der Waals surface area contributed by atoms with E-state index in [2.05, 4.69) is 36.7 Å². The Kier molecular flexibility index (Phi) is 5.65. The largest absolute Gasteiger partial charge is 0.450 e. The van der Waals surface area contributed by atoms with Crippen molar-refractivity contribution < 1.29 is 24.2 Å². The molecular weight excluding hydrogens is 472 g/mol. The zero-order valence-corrected chi connectivity index (χ0v) is 21.8. The van der Waals surface area contributed by atoms with Gasteiger partial charge < -0.3 is 9.84 Å². The second-order valence-electron chi connectivity index (χ2n) is 11.4. The van der Waals surface area contributed by atoms with Gasteiger partial charge in [0.25, 0.3) is 0 Å². The van der Waals surface area contributed by atoms with Crippen molar-refractivity contribution in [2.45, 2.75) is 96.1 Å². The molecule has 0 aromatic rings. The molecule has 0 bridgehead atoms. The molecule has 5 nitrogen and oxygen atoms in total. The van der Waals surface area contributed by atoms with Gasteiger partial charge in [-0.3, -0.25) is 14.4 Å². The third-order valence-corrected chi connectivity index (χ3v) is 12.0. The summed E-state index contributed by atoms with van der Waals surface area (Å²) in [7, 11) is 0. The quantitative estimate of drug-likeness (QED) is 0.438. The number of halogens is 1. The van der Waals surface area contributed by atoms with E-state index in [1.54, 1.807) is 6.92 Å². The first-order valence-electron chi connectivity index (χ1n) is 12.1. The predicted molar refractivity (Wildman–Crippen MR) is 125 cm³/mol. The third kappa shape index (κ3) is 2.74. The van der Waals surface area contributed by atoms with Gasteiger partial charge in [-0.2, -0.15) is 0 Å². The van der Waals surface area contributed by atoms with Gasteiger partial charge in [0, 0.05) is 29.6 Å². The second-order valence-corrected chi connectivity index (χ2v) is 12.7. The van der Waals surface area contributed by atoms with E-state index in [-0.39, 0.29) is 53.0 Å². The molecule has 0 spiro atoms. The van der Waals surface area contributed by atoms with Gasteiger partial charge in [0.05, 0.1) is 10.4 Å². The van der Waals surface area contributed by atoms with Crippen LogP contribution in [0.1, 0.15) is 80.1 Å². The van der Waals surface area contributed by atoms with Crippen LogP contribution in [0.4, 0.5) is 0 Å². The number of esters is 1. The van der Waals surface area contributed by atoms with Crippen molar-refractivity contribution in [2.24, 2.45) is 34.5 Å². The summed E-state index contributed by atoms with van der Waals surface area (Å²) < 4.78 is 5.48. The van der Waals surface area contributed by atoms with Gasteiger partial charge in [0.2, 0.25) is 0 Å². The highest BCUT2D eigenvalue weighted by molar-refractivity contribution is 9.10. The van der Waals surface area contributed by atoms with Crippen molar-refractivity contribution in [3.63, 3.8) is 0 Å². The number of ketones is 2. The van der Waals surface area contributed by atoms with Crippen LogP contribution in [0, 0.1) is 34.5 Å². The number of hydrogen-bond donors (Lipinski definition) is 1. The van der Waals surface area contributed by atoms with Gasteiger partial charge in [0.1, 0.15) is 0 Å². The Hall–Kier alpha value is -1.01. The maximum absolute atomic E-state index is 13.2. The minimum Gasteiger partial charge on any atom is -0.450 e. The number of rotatable bonds is 3. The first kappa shape index (κ1) is 24.1. The molecule has 1 N–H and O–H groups in total. The SMILES string of the molecule is CCC(=O)O[C@]1(C(C)=O)[C@@H](C)C[C@H]2[C@@H]3C[C@H](C)C4=CC(=O)CC[C@]4(C)[C@@]3(Br)[C@@H](O)C[C@@]21C. The van der Waals surface area contributed by atoms with E-state index >= 15 is 0 Å². The van der Waals surface area contributed by atoms with E-state index in [0.717, 1.165) is 18.4 Å². The number of Topliss-reactive ketones (excluding diaryl/α,β-unsaturated/α-hetero) is 1. The van der Waals surface area contributed by atoms with Crippen molar-refractivity contribution in [1.29, 1.82) is 0 Å². The molecule has 0 heterocycles. The lowest BCUT2D eigenvalue weighted by atomic mass is 9.43. The Balaban J connectivity index is 1.86. The lowest BCUT2D eigenvalue weighted by Crippen LogP contribution is -2.70. The molecule has 3 fully saturated rings. The van der Waals surface area contributed by atoms with Crippen LogP contribution in [-0.4, -0.2) is 38.7 Å². The fourth-order valence-electron chi connectivity index (χ4n) is 8.58. The highest BCUT2D eigenvalue weighted by Crippen LogP contribution is 2.73. The summed E-state index contributed by atoms with van der Waals surface area (Å²) in [6.07, 6.45) is 4.50. The Labute approximate surface area is 199 Å². The second kappa shape index (κ2) is 7.49. The van der Waals surface area contributed by atoms with E-state index in [9.17, 15) is 19.5 Å². The molecular formula is C26H37BrO5. The first-order chi connectivity index (χ1) is 14.8. The van der Waals surface area contributed by atoms with Crippen LogP contribution >= 0.6 is 15.9 Å². The Morgan fingerprint density at radius 1 is 1.22 bits per heavy atom. The number of alkyl halides is 1. The third-order valence-electron chi connectivity index (χ3n) is 9.99. The predicted octanol–water partition coefficient (Wildman–Crippen LogP) is 4.78. The van der Waals surface area contributed by atoms with Crippen LogP contribution in [0.5, 0.6) is 0 Å². The number of aliphatic hydroxyl groups is 1. The molecule has 0 amide bonds. The Morgan fingerprint density at radius 3 is 2.47 bits per heavy atom. The maximum Gasteiger partial charge on any atom is 0.306 e. The van der Waals surface area contributed by atoms with Gasteiger partial charge in [-0.15, -0.1) is 0 Å². The molecule has 178 valence electrons. The molecule has 9 atom stereocenters. The number of hydrogen-bond acceptors (Lipinski definition) is 5. The molecule has 0 saturated heterocycles. The molecule has 32 heavy (non-hydrogen) atoms. The average Bonchev–Trinajstić information content (AvgIpc) is 2.93. The number of fused-ring (bicyclic) bond motifs is 5. The number of ether oxygens (including phenoxy) is 1. The van der Waals surface area contributed by atoms with E-state index in [4.69, 9.17) is 4.74 Å². The van der Waals surface area contributed by atoms with Crippen LogP contribution in [0.25, 0.3) is 0 Å². The standard InChI is InChI=1S/C26H37BrO5/c1-7-22(31)32-26(16(4)28)15(3)11-19-20-10-14(2)18-12-17(29)8-9-23(18,5)25(20,27)21(30)13-24(19,26)6/h12,14-15,19-21,30H,7-11,13H2,1-6H3/t14-,15-,19-,20-,21-,23-,24-,25-,26-/m0/s1. The highest BCUT2D eigenvalue weighted by Gasteiger charge is 2.76. The lowest BCUT2D eigenvalue weighted by Gasteiger charge is -2.66. The summed E-state index contributed by atoms with van der Waals surface area (Å²) >= 11 is 4.11. The fraction of sp³-hybridized carbons (Fsp3) is 0.808. The normalized spacial score (nSPS) is 50.1. The summed E-state index contributed by atoms with van der Waals surface area (Å²) in [5, 5.41) is 11.8. The molecule has 0 aliphatic heterocycles. The van der Waals surface area contributed by atoms with Gasteiger partial charge in [-0.05, 0) is 56.4 Å². The Bertz CT molecular complexity index is 897. The molecule has 0 radical (unpaired) electrons. The highest BCUT2D eigenvalue weighted by atomic mass is 79.9. The van der Waals surface area contributed by atoms with Crippen molar-refractivity contribution in [3.05, 3.63) is 11.6 Å². The minimum atomic E-state index is -1.22. The smallest absolute Gasteiger partial charge is 0.306 e. The summed E-state index contributed by atoms with van der Waals surface area (Å²) in [6.45, 7) is 11.7. The average molecular weight is 509 g/mol. The van der Waals surface area contributed by atoms with Gasteiger partial charge in [-0.25, -0.2) is 0 Å². The summed E-state index contributed by atoms with van der Waals surface area (Å²) in [5.41, 5.74) is -1.06. The molecule has 0 unspecified atom stereocenters. The number of carbonyl (C=O) groups excluding carboxylic acids is 3. The van der Waals surface area contributed by atoms with Crippen molar-refractivity contribution in [2.75, 3.05) is 0 Å². The lowest BCUT2D eigenvalue weighted by molar-refractivity contribution is -0.201. The topological polar surface area (TPSA) is 80.7 Å². The molecule has 4 aliphatic carbocycles. The number of allylic oxidation sites excluding steroid dienone is 1. The monoisotopic (exact) mass is 508 g/mol. The zero-order chi connectivity index (χ0) is 23.9. The van der Waals surface area contributed by atoms with Gasteiger partial charge in [-0.1, -0.05) is 56.1 Å². The zero-order valence-electron chi connectivity index (χ0n) is 20.2. The van der Waals surface area contributed by atoms with Crippen molar-refractivity contribution >= 4 is 33.5 Å². The van der Waals surface area contributed by atoms with Crippen molar-refractivity contribution in [1.82, 2.24) is 0 Å². The number of carbonyl (C=O) groups is 3. The van der Waals surface area contributed by atoms with E-state index < -0.39 is 21.4 Å². The molecule has 3 saturated carbocycles. The van der Waals surface area contributed by atoms with Crippen LogP contribution in [0.15, 0.2) is 11.6 Å². The summed E-state index contributed by atoms with van der Waals surface area (Å²) in [5.74, 6) is 0.00312. The van der Waals surface area contributed by atoms with Crippen LogP contribution < -0.4 is 0 Å². The van der Waals surface area contributed by atoms with Crippen LogP contribution in [0.3, 0.4) is 0 Å².